The van der Waals surface area contributed by atoms with Crippen molar-refractivity contribution in [3.05, 3.63) is 94.5 Å². The summed E-state index contributed by atoms with van der Waals surface area (Å²) < 4.78 is 10.7. The molecule has 0 aromatic heterocycles. The minimum atomic E-state index is -1.86. The lowest BCUT2D eigenvalue weighted by atomic mass is 9.94. The minimum Gasteiger partial charge on any atom is -0.497 e. The lowest BCUT2D eigenvalue weighted by Gasteiger charge is -2.25. The number of anilines is 1. The number of nitrogens with one attached hydrogen (secondary N) is 1. The van der Waals surface area contributed by atoms with Gasteiger partial charge in [-0.1, -0.05) is 75.5 Å². The van der Waals surface area contributed by atoms with Crippen molar-refractivity contribution < 1.29 is 33.4 Å². The van der Waals surface area contributed by atoms with Crippen molar-refractivity contribution in [3.63, 3.8) is 0 Å². The standard InChI is InChI=1S/C36H40ClN3O7/c1-5-9-23(2)18-24(3)22-47-35(44)27-14-17-29(37)30(19-27)38-34(43)32(33(42)26-12-15-28(46-4)16-13-26)40-31(41)21-39(36(40)45)20-25-10-7-6-8-11-25/h6-8,10-17,19,23-24,32H,5,9,18,20-22H2,1-4H3,(H,38,43). The Morgan fingerprint density at radius 1 is 0.936 bits per heavy atom. The van der Waals surface area contributed by atoms with Crippen LogP contribution in [0.2, 0.25) is 5.02 Å². The SMILES string of the molecule is CCCC(C)CC(C)COC(=O)c1ccc(Cl)c(NC(=O)C(C(=O)c2ccc(OC)cc2)N2C(=O)CN(Cc3ccccc3)C2=O)c1. The molecule has 3 unspecified atom stereocenters. The van der Waals surface area contributed by atoms with E-state index in [-0.39, 0.29) is 47.5 Å². The second kappa shape index (κ2) is 16.2. The zero-order chi connectivity index (χ0) is 34.1. The Hall–Kier alpha value is -4.70. The molecule has 1 N–H and O–H groups in total. The van der Waals surface area contributed by atoms with E-state index in [1.165, 1.54) is 54.5 Å². The third kappa shape index (κ3) is 8.98. The highest BCUT2D eigenvalue weighted by atomic mass is 35.5. The quantitative estimate of drug-likeness (QED) is 0.0840. The van der Waals surface area contributed by atoms with Crippen molar-refractivity contribution in [2.45, 2.75) is 52.6 Å². The van der Waals surface area contributed by atoms with Gasteiger partial charge in [0.15, 0.2) is 11.8 Å². The highest BCUT2D eigenvalue weighted by Gasteiger charge is 2.47. The molecule has 0 bridgehead atoms. The van der Waals surface area contributed by atoms with Gasteiger partial charge in [0.2, 0.25) is 0 Å². The first-order valence-electron chi connectivity index (χ1n) is 15.6. The number of hydrogen-bond acceptors (Lipinski definition) is 7. The monoisotopic (exact) mass is 661 g/mol. The number of imide groups is 1. The number of carbonyl (C=O) groups is 5. The van der Waals surface area contributed by atoms with Crippen molar-refractivity contribution in [3.8, 4) is 5.75 Å². The first-order chi connectivity index (χ1) is 22.5. The van der Waals surface area contributed by atoms with Crippen LogP contribution in [0.4, 0.5) is 10.5 Å². The molecule has 3 aromatic rings. The molecule has 1 aliphatic rings. The van der Waals surface area contributed by atoms with Crippen LogP contribution in [-0.4, -0.2) is 65.7 Å². The zero-order valence-electron chi connectivity index (χ0n) is 27.0. The molecule has 0 saturated carbocycles. The van der Waals surface area contributed by atoms with Crippen LogP contribution in [0.25, 0.3) is 0 Å². The van der Waals surface area contributed by atoms with Crippen molar-refractivity contribution >= 4 is 46.9 Å². The van der Waals surface area contributed by atoms with E-state index >= 15 is 0 Å². The number of benzene rings is 3. The van der Waals surface area contributed by atoms with Gasteiger partial charge >= 0.3 is 12.0 Å². The third-order valence-corrected chi connectivity index (χ3v) is 8.29. The van der Waals surface area contributed by atoms with Crippen LogP contribution < -0.4 is 10.1 Å². The van der Waals surface area contributed by atoms with Gasteiger partial charge in [-0.25, -0.2) is 14.5 Å². The molecule has 10 nitrogen and oxygen atoms in total. The molecule has 11 heteroatoms. The molecule has 248 valence electrons. The molecule has 1 saturated heterocycles. The molecule has 0 radical (unpaired) electrons. The van der Waals surface area contributed by atoms with Crippen molar-refractivity contribution in [1.29, 1.82) is 0 Å². The number of methoxy groups -OCH3 is 1. The Kier molecular flexibility index (Phi) is 12.1. The number of urea groups is 1. The summed E-state index contributed by atoms with van der Waals surface area (Å²) in [6.45, 7) is 6.36. The average Bonchev–Trinajstić information content (AvgIpc) is 3.33. The Balaban J connectivity index is 1.57. The van der Waals surface area contributed by atoms with E-state index < -0.39 is 35.6 Å². The smallest absolute Gasteiger partial charge is 0.338 e. The van der Waals surface area contributed by atoms with E-state index in [0.717, 1.165) is 24.8 Å². The second-order valence-electron chi connectivity index (χ2n) is 11.9. The van der Waals surface area contributed by atoms with E-state index in [0.29, 0.717) is 16.6 Å². The summed E-state index contributed by atoms with van der Waals surface area (Å²) in [5.74, 6) is -1.91. The molecule has 1 fully saturated rings. The summed E-state index contributed by atoms with van der Waals surface area (Å²) in [4.78, 5) is 69.5. The summed E-state index contributed by atoms with van der Waals surface area (Å²) in [5, 5.41) is 2.66. The first-order valence-corrected chi connectivity index (χ1v) is 16.0. The maximum Gasteiger partial charge on any atom is 0.338 e. The van der Waals surface area contributed by atoms with Crippen LogP contribution in [0, 0.1) is 11.8 Å². The first kappa shape index (κ1) is 35.2. The number of hydrogen-bond donors (Lipinski definition) is 1. The fourth-order valence-corrected chi connectivity index (χ4v) is 5.80. The fraction of sp³-hybridized carbons (Fsp3) is 0.361. The average molecular weight is 662 g/mol. The number of halogens is 1. The maximum absolute atomic E-state index is 13.9. The number of amides is 4. The van der Waals surface area contributed by atoms with Gasteiger partial charge in [-0.15, -0.1) is 0 Å². The third-order valence-electron chi connectivity index (χ3n) is 7.96. The van der Waals surface area contributed by atoms with Crippen molar-refractivity contribution in [1.82, 2.24) is 9.80 Å². The highest BCUT2D eigenvalue weighted by molar-refractivity contribution is 6.34. The molecule has 3 aromatic carbocycles. The van der Waals surface area contributed by atoms with Gasteiger partial charge < -0.3 is 19.7 Å². The Labute approximate surface area is 280 Å². The van der Waals surface area contributed by atoms with Gasteiger partial charge in [-0.2, -0.15) is 0 Å². The normalized spacial score (nSPS) is 14.8. The van der Waals surface area contributed by atoms with Crippen molar-refractivity contribution in [2.75, 3.05) is 25.6 Å². The number of carbonyl (C=O) groups excluding carboxylic acids is 5. The second-order valence-corrected chi connectivity index (χ2v) is 12.3. The van der Waals surface area contributed by atoms with E-state index in [4.69, 9.17) is 21.1 Å². The van der Waals surface area contributed by atoms with E-state index in [2.05, 4.69) is 19.2 Å². The van der Waals surface area contributed by atoms with E-state index in [1.54, 1.807) is 24.3 Å². The molecule has 4 amide bonds. The zero-order valence-corrected chi connectivity index (χ0v) is 27.8. The molecule has 0 aliphatic carbocycles. The van der Waals surface area contributed by atoms with Gasteiger partial charge in [-0.05, 0) is 66.3 Å². The van der Waals surface area contributed by atoms with Crippen LogP contribution in [0.15, 0.2) is 72.8 Å². The number of rotatable bonds is 15. The minimum absolute atomic E-state index is 0.0171. The Morgan fingerprint density at radius 3 is 2.28 bits per heavy atom. The molecule has 4 rings (SSSR count). The number of esters is 1. The van der Waals surface area contributed by atoms with E-state index in [1.807, 2.05) is 13.0 Å². The molecular weight excluding hydrogens is 622 g/mol. The maximum atomic E-state index is 13.9. The largest absolute Gasteiger partial charge is 0.497 e. The molecule has 1 heterocycles. The van der Waals surface area contributed by atoms with Crippen LogP contribution in [0.1, 0.15) is 66.3 Å². The van der Waals surface area contributed by atoms with E-state index in [9.17, 15) is 24.0 Å². The van der Waals surface area contributed by atoms with Crippen molar-refractivity contribution in [2.24, 2.45) is 11.8 Å². The lowest BCUT2D eigenvalue weighted by molar-refractivity contribution is -0.131. The van der Waals surface area contributed by atoms with Gasteiger partial charge in [0, 0.05) is 12.1 Å². The van der Waals surface area contributed by atoms with Gasteiger partial charge in [-0.3, -0.25) is 14.4 Å². The fourth-order valence-electron chi connectivity index (χ4n) is 5.63. The number of ketones is 1. The molecule has 47 heavy (non-hydrogen) atoms. The van der Waals surface area contributed by atoms with Crippen LogP contribution in [-0.2, 0) is 20.9 Å². The number of ether oxygens (including phenoxy) is 2. The summed E-state index contributed by atoms with van der Waals surface area (Å²) in [6, 6.07) is 16.6. The topological polar surface area (TPSA) is 122 Å². The molecular formula is C36H40ClN3O7. The van der Waals surface area contributed by atoms with Gasteiger partial charge in [0.25, 0.3) is 11.8 Å². The van der Waals surface area contributed by atoms with Gasteiger partial charge in [0.1, 0.15) is 12.3 Å². The predicted octanol–water partition coefficient (Wildman–Crippen LogP) is 6.62. The van der Waals surface area contributed by atoms with Crippen LogP contribution in [0.3, 0.4) is 0 Å². The molecule has 3 atom stereocenters. The summed E-state index contributed by atoms with van der Waals surface area (Å²) in [7, 11) is 1.47. The lowest BCUT2D eigenvalue weighted by Crippen LogP contribution is -2.52. The van der Waals surface area contributed by atoms with Crippen LogP contribution >= 0.6 is 11.6 Å². The number of Topliss-reactive ketones (excluding diaryl/α,β-unsaturated/α-hetero) is 1. The Bertz CT molecular complexity index is 1600. The van der Waals surface area contributed by atoms with Gasteiger partial charge in [0.05, 0.1) is 30.0 Å². The van der Waals surface area contributed by atoms with Crippen LogP contribution in [0.5, 0.6) is 5.75 Å². The summed E-state index contributed by atoms with van der Waals surface area (Å²) in [5.41, 5.74) is 1.01. The summed E-state index contributed by atoms with van der Waals surface area (Å²) >= 11 is 6.40. The highest BCUT2D eigenvalue weighted by Crippen LogP contribution is 2.27. The Morgan fingerprint density at radius 2 is 1.62 bits per heavy atom. The number of nitrogens with zero attached hydrogens (tertiary/aromatic N) is 2. The molecule has 1 aliphatic heterocycles. The predicted molar refractivity (Wildman–Crippen MR) is 178 cm³/mol. The summed E-state index contributed by atoms with van der Waals surface area (Å²) in [6.07, 6.45) is 3.11. The molecule has 0 spiro atoms.